The number of nitrogens with zero attached hydrogens (tertiary/aromatic N) is 1. The van der Waals surface area contributed by atoms with Gasteiger partial charge >= 0.3 is 0 Å². The van der Waals surface area contributed by atoms with Gasteiger partial charge in [-0.25, -0.2) is 0 Å². The number of nitrogen functional groups attached to an aromatic ring is 1. The number of aromatic amines is 1. The zero-order valence-electron chi connectivity index (χ0n) is 9.72. The topological polar surface area (TPSA) is 83.8 Å². The lowest BCUT2D eigenvalue weighted by molar-refractivity contribution is 0.102. The molecule has 0 aliphatic carbocycles. The summed E-state index contributed by atoms with van der Waals surface area (Å²) in [5.74, 6) is -0.507. The molecule has 0 unspecified atom stereocenters. The first kappa shape index (κ1) is 14.0. The Bertz CT molecular complexity index is 630. The molecule has 0 aliphatic rings. The van der Waals surface area contributed by atoms with Crippen LogP contribution in [0.25, 0.3) is 0 Å². The zero-order chi connectivity index (χ0) is 14.2. The van der Waals surface area contributed by atoms with Crippen LogP contribution in [0.3, 0.4) is 0 Å². The summed E-state index contributed by atoms with van der Waals surface area (Å²) in [4.78, 5) is 12.0. The van der Waals surface area contributed by atoms with Crippen molar-refractivity contribution in [3.63, 3.8) is 0 Å². The van der Waals surface area contributed by atoms with Crippen LogP contribution in [0.4, 0.5) is 11.4 Å². The molecule has 4 N–H and O–H groups in total. The van der Waals surface area contributed by atoms with Crippen molar-refractivity contribution < 1.29 is 4.79 Å². The molecule has 0 atom stereocenters. The first-order valence-electron chi connectivity index (χ1n) is 5.16. The molecule has 5 nitrogen and oxygen atoms in total. The second kappa shape index (κ2) is 5.28. The number of aryl methyl sites for hydroxylation is 1. The van der Waals surface area contributed by atoms with Gasteiger partial charge < -0.3 is 11.1 Å². The van der Waals surface area contributed by atoms with E-state index in [1.807, 2.05) is 0 Å². The molecular weight excluding hydrogens is 311 g/mol. The number of carbonyl (C=O) groups excluding carboxylic acids is 1. The Balaban J connectivity index is 2.32. The van der Waals surface area contributed by atoms with Crippen LogP contribution in [0, 0.1) is 6.92 Å². The first-order chi connectivity index (χ1) is 8.90. The molecule has 0 bridgehead atoms. The fourth-order valence-electron chi connectivity index (χ4n) is 1.45. The maximum absolute atomic E-state index is 12.0. The monoisotopic (exact) mass is 318 g/mol. The highest BCUT2D eigenvalue weighted by Gasteiger charge is 2.18. The smallest absolute Gasteiger partial charge is 0.278 e. The lowest BCUT2D eigenvalue weighted by atomic mass is 10.2. The maximum atomic E-state index is 12.0. The highest BCUT2D eigenvalue weighted by molar-refractivity contribution is 6.42. The Morgan fingerprint density at radius 3 is 2.37 bits per heavy atom. The lowest BCUT2D eigenvalue weighted by Crippen LogP contribution is -2.15. The van der Waals surface area contributed by atoms with Gasteiger partial charge in [0.1, 0.15) is 0 Å². The van der Waals surface area contributed by atoms with Gasteiger partial charge in [-0.15, -0.1) is 0 Å². The molecular formula is C11H9Cl3N4O. The second-order valence-electron chi connectivity index (χ2n) is 3.81. The van der Waals surface area contributed by atoms with Crippen molar-refractivity contribution in [3.05, 3.63) is 38.6 Å². The van der Waals surface area contributed by atoms with E-state index in [9.17, 15) is 4.79 Å². The number of benzene rings is 1. The molecule has 1 aromatic heterocycles. The van der Waals surface area contributed by atoms with E-state index in [0.29, 0.717) is 10.7 Å². The van der Waals surface area contributed by atoms with E-state index in [1.54, 1.807) is 6.92 Å². The second-order valence-corrected chi connectivity index (χ2v) is 5.06. The molecule has 1 aromatic carbocycles. The Labute approximate surface area is 124 Å². The number of anilines is 2. The average molecular weight is 320 g/mol. The third kappa shape index (κ3) is 2.78. The predicted octanol–water partition coefficient (Wildman–Crippen LogP) is 3.51. The van der Waals surface area contributed by atoms with E-state index >= 15 is 0 Å². The maximum Gasteiger partial charge on any atom is 0.278 e. The number of nitrogens with two attached hydrogens (primary N) is 1. The highest BCUT2D eigenvalue weighted by Crippen LogP contribution is 2.34. The van der Waals surface area contributed by atoms with Crippen molar-refractivity contribution >= 4 is 52.1 Å². The Morgan fingerprint density at radius 2 is 1.89 bits per heavy atom. The zero-order valence-corrected chi connectivity index (χ0v) is 12.0. The Morgan fingerprint density at radius 1 is 1.32 bits per heavy atom. The van der Waals surface area contributed by atoms with E-state index < -0.39 is 5.91 Å². The van der Waals surface area contributed by atoms with Gasteiger partial charge in [0.15, 0.2) is 5.69 Å². The van der Waals surface area contributed by atoms with Crippen LogP contribution in [0.15, 0.2) is 12.1 Å². The average Bonchev–Trinajstić information content (AvgIpc) is 2.64. The van der Waals surface area contributed by atoms with Crippen LogP contribution in [0.5, 0.6) is 0 Å². The predicted molar refractivity (Wildman–Crippen MR) is 77.2 cm³/mol. The number of nitrogens with one attached hydrogen (secondary N) is 2. The minimum absolute atomic E-state index is 0.0829. The van der Waals surface area contributed by atoms with Gasteiger partial charge in [0.2, 0.25) is 0 Å². The van der Waals surface area contributed by atoms with Crippen LogP contribution in [0.1, 0.15) is 16.2 Å². The summed E-state index contributed by atoms with van der Waals surface area (Å²) in [5.41, 5.74) is 6.95. The molecule has 0 radical (unpaired) electrons. The number of H-pyrrole nitrogens is 1. The number of halogens is 3. The van der Waals surface area contributed by atoms with Gasteiger partial charge in [0.25, 0.3) is 5.91 Å². The molecule has 0 aliphatic heterocycles. The molecule has 1 heterocycles. The van der Waals surface area contributed by atoms with Gasteiger partial charge in [0, 0.05) is 5.02 Å². The molecule has 8 heteroatoms. The van der Waals surface area contributed by atoms with Crippen molar-refractivity contribution in [2.24, 2.45) is 0 Å². The Hall–Kier alpha value is -1.43. The van der Waals surface area contributed by atoms with Crippen LogP contribution in [-0.4, -0.2) is 16.1 Å². The SMILES string of the molecule is Cc1[nH]nc(C(=O)Nc2c(Cl)cc(Cl)cc2Cl)c1N. The summed E-state index contributed by atoms with van der Waals surface area (Å²) in [6, 6.07) is 2.95. The molecule has 0 saturated heterocycles. The van der Waals surface area contributed by atoms with Gasteiger partial charge in [0.05, 0.1) is 27.1 Å². The molecule has 100 valence electrons. The molecule has 0 fully saturated rings. The molecule has 0 spiro atoms. The van der Waals surface area contributed by atoms with Crippen molar-refractivity contribution in [2.45, 2.75) is 6.92 Å². The van der Waals surface area contributed by atoms with Crippen LogP contribution < -0.4 is 11.1 Å². The minimum Gasteiger partial charge on any atom is -0.395 e. The van der Waals surface area contributed by atoms with E-state index in [-0.39, 0.29) is 27.1 Å². The van der Waals surface area contributed by atoms with Crippen LogP contribution in [-0.2, 0) is 0 Å². The lowest BCUT2D eigenvalue weighted by Gasteiger charge is -2.09. The van der Waals surface area contributed by atoms with Crippen LogP contribution in [0.2, 0.25) is 15.1 Å². The fraction of sp³-hybridized carbons (Fsp3) is 0.0909. The van der Waals surface area contributed by atoms with E-state index in [1.165, 1.54) is 12.1 Å². The summed E-state index contributed by atoms with van der Waals surface area (Å²) in [6.07, 6.45) is 0. The van der Waals surface area contributed by atoms with Crippen molar-refractivity contribution in [1.29, 1.82) is 0 Å². The largest absolute Gasteiger partial charge is 0.395 e. The summed E-state index contributed by atoms with van der Waals surface area (Å²) in [7, 11) is 0. The summed E-state index contributed by atoms with van der Waals surface area (Å²) >= 11 is 17.7. The quantitative estimate of drug-likeness (QED) is 0.792. The van der Waals surface area contributed by atoms with Crippen molar-refractivity contribution in [3.8, 4) is 0 Å². The molecule has 19 heavy (non-hydrogen) atoms. The molecule has 0 saturated carbocycles. The Kier molecular flexibility index (Phi) is 3.89. The van der Waals surface area contributed by atoms with Gasteiger partial charge in [-0.1, -0.05) is 34.8 Å². The highest BCUT2D eigenvalue weighted by atomic mass is 35.5. The standard InChI is InChI=1S/C11H9Cl3N4O/c1-4-8(15)10(18-17-4)11(19)16-9-6(13)2-5(12)3-7(9)14/h2-3H,15H2,1H3,(H,16,19)(H,17,18). The van der Waals surface area contributed by atoms with Crippen molar-refractivity contribution in [2.75, 3.05) is 11.1 Å². The summed E-state index contributed by atoms with van der Waals surface area (Å²) in [6.45, 7) is 1.71. The number of hydrogen-bond donors (Lipinski definition) is 3. The van der Waals surface area contributed by atoms with Crippen LogP contribution >= 0.6 is 34.8 Å². The molecule has 2 aromatic rings. The third-order valence-corrected chi connectivity index (χ3v) is 3.27. The third-order valence-electron chi connectivity index (χ3n) is 2.46. The minimum atomic E-state index is -0.507. The summed E-state index contributed by atoms with van der Waals surface area (Å²) < 4.78 is 0. The van der Waals surface area contributed by atoms with E-state index in [4.69, 9.17) is 40.5 Å². The van der Waals surface area contributed by atoms with E-state index in [0.717, 1.165) is 0 Å². The number of carbonyl (C=O) groups is 1. The number of hydrogen-bond acceptors (Lipinski definition) is 3. The van der Waals surface area contributed by atoms with E-state index in [2.05, 4.69) is 15.5 Å². The van der Waals surface area contributed by atoms with Gasteiger partial charge in [-0.3, -0.25) is 9.89 Å². The molecule has 2 rings (SSSR count). The van der Waals surface area contributed by atoms with Gasteiger partial charge in [-0.05, 0) is 19.1 Å². The number of rotatable bonds is 2. The number of amides is 1. The number of aromatic nitrogens is 2. The molecule has 1 amide bonds. The summed E-state index contributed by atoms with van der Waals surface area (Å²) in [5, 5.41) is 9.83. The fourth-order valence-corrected chi connectivity index (χ4v) is 2.36. The normalized spacial score (nSPS) is 10.5. The van der Waals surface area contributed by atoms with Gasteiger partial charge in [-0.2, -0.15) is 5.10 Å². The first-order valence-corrected chi connectivity index (χ1v) is 6.30. The van der Waals surface area contributed by atoms with Crippen molar-refractivity contribution in [1.82, 2.24) is 10.2 Å².